The molecule has 1 aromatic rings. The van der Waals surface area contributed by atoms with E-state index >= 15 is 0 Å². The summed E-state index contributed by atoms with van der Waals surface area (Å²) in [6.07, 6.45) is 1.71. The molecular formula is C10H14N6O3. The van der Waals surface area contributed by atoms with Gasteiger partial charge in [-0.3, -0.25) is 4.79 Å². The van der Waals surface area contributed by atoms with Crippen LogP contribution in [-0.4, -0.2) is 50.6 Å². The second-order valence-electron chi connectivity index (χ2n) is 3.79. The van der Waals surface area contributed by atoms with Gasteiger partial charge >= 0.3 is 12.0 Å². The van der Waals surface area contributed by atoms with Crippen molar-refractivity contribution in [2.75, 3.05) is 13.6 Å². The van der Waals surface area contributed by atoms with Gasteiger partial charge in [-0.2, -0.15) is 5.26 Å². The van der Waals surface area contributed by atoms with Crippen LogP contribution < -0.4 is 5.32 Å². The zero-order valence-electron chi connectivity index (χ0n) is 10.4. The molecule has 9 nitrogen and oxygen atoms in total. The number of nitrogens with one attached hydrogen (secondary N) is 1. The predicted octanol–water partition coefficient (Wildman–Crippen LogP) is -0.582. The zero-order valence-corrected chi connectivity index (χ0v) is 10.4. The number of aliphatic carboxylic acids is 1. The van der Waals surface area contributed by atoms with Crippen molar-refractivity contribution in [3.8, 4) is 6.07 Å². The highest BCUT2D eigenvalue weighted by Gasteiger charge is 2.09. The van der Waals surface area contributed by atoms with Crippen LogP contribution in [0.3, 0.4) is 0 Å². The first kappa shape index (κ1) is 14.4. The standard InChI is InChI=1S/C10H14N6O3/c1-15(4-2-3-11)10(19)12-5-8-6-16(14-13-8)7-9(17)18/h6H,2,4-5,7H2,1H3,(H,12,19)(H,17,18). The third-order valence-electron chi connectivity index (χ3n) is 2.21. The van der Waals surface area contributed by atoms with E-state index in [4.69, 9.17) is 10.4 Å². The Hall–Kier alpha value is -2.63. The number of carbonyl (C=O) groups is 2. The van der Waals surface area contributed by atoms with E-state index in [9.17, 15) is 9.59 Å². The van der Waals surface area contributed by atoms with E-state index in [1.54, 1.807) is 7.05 Å². The Kier molecular flexibility index (Phi) is 5.28. The van der Waals surface area contributed by atoms with Crippen molar-refractivity contribution in [1.82, 2.24) is 25.2 Å². The van der Waals surface area contributed by atoms with Crippen LogP contribution in [0.25, 0.3) is 0 Å². The van der Waals surface area contributed by atoms with Gasteiger partial charge in [0.2, 0.25) is 0 Å². The number of hydrogen-bond donors (Lipinski definition) is 2. The summed E-state index contributed by atoms with van der Waals surface area (Å²) in [4.78, 5) is 23.4. The molecule has 0 saturated carbocycles. The summed E-state index contributed by atoms with van der Waals surface area (Å²) in [5, 5.41) is 26.9. The molecule has 0 unspecified atom stereocenters. The summed E-state index contributed by atoms with van der Waals surface area (Å²) in [5.74, 6) is -1.02. The molecule has 0 aliphatic carbocycles. The maximum atomic E-state index is 11.6. The second-order valence-corrected chi connectivity index (χ2v) is 3.79. The molecule has 19 heavy (non-hydrogen) atoms. The molecule has 0 aliphatic heterocycles. The lowest BCUT2D eigenvalue weighted by molar-refractivity contribution is -0.137. The van der Waals surface area contributed by atoms with Crippen molar-refractivity contribution in [3.63, 3.8) is 0 Å². The highest BCUT2D eigenvalue weighted by molar-refractivity contribution is 5.73. The van der Waals surface area contributed by atoms with Crippen LogP contribution in [0.5, 0.6) is 0 Å². The van der Waals surface area contributed by atoms with Crippen molar-refractivity contribution in [1.29, 1.82) is 5.26 Å². The fourth-order valence-electron chi connectivity index (χ4n) is 1.26. The minimum atomic E-state index is -1.02. The Morgan fingerprint density at radius 2 is 2.37 bits per heavy atom. The number of carbonyl (C=O) groups excluding carboxylic acids is 1. The molecule has 0 aliphatic rings. The van der Waals surface area contributed by atoms with Crippen molar-refractivity contribution in [2.24, 2.45) is 0 Å². The molecule has 1 rings (SSSR count). The van der Waals surface area contributed by atoms with Gasteiger partial charge in [0.1, 0.15) is 12.2 Å². The normalized spacial score (nSPS) is 9.68. The van der Waals surface area contributed by atoms with Crippen molar-refractivity contribution >= 4 is 12.0 Å². The number of hydrogen-bond acceptors (Lipinski definition) is 5. The van der Waals surface area contributed by atoms with E-state index in [0.29, 0.717) is 12.2 Å². The third-order valence-corrected chi connectivity index (χ3v) is 2.21. The van der Waals surface area contributed by atoms with Gasteiger partial charge in [0, 0.05) is 13.6 Å². The van der Waals surface area contributed by atoms with E-state index in [-0.39, 0.29) is 25.5 Å². The summed E-state index contributed by atoms with van der Waals surface area (Å²) in [6.45, 7) is 0.215. The summed E-state index contributed by atoms with van der Waals surface area (Å²) < 4.78 is 1.17. The highest BCUT2D eigenvalue weighted by Crippen LogP contribution is 1.94. The minimum absolute atomic E-state index is 0.148. The van der Waals surface area contributed by atoms with Crippen molar-refractivity contribution < 1.29 is 14.7 Å². The first-order valence-corrected chi connectivity index (χ1v) is 5.49. The first-order chi connectivity index (χ1) is 9.02. The lowest BCUT2D eigenvalue weighted by atomic mass is 10.4. The van der Waals surface area contributed by atoms with Gasteiger partial charge in [0.25, 0.3) is 0 Å². The third kappa shape index (κ3) is 5.03. The number of carboxylic acids is 1. The van der Waals surface area contributed by atoms with Crippen molar-refractivity contribution in [2.45, 2.75) is 19.5 Å². The highest BCUT2D eigenvalue weighted by atomic mass is 16.4. The lowest BCUT2D eigenvalue weighted by Gasteiger charge is -2.15. The van der Waals surface area contributed by atoms with Crippen LogP contribution in [0.15, 0.2) is 6.20 Å². The van der Waals surface area contributed by atoms with Gasteiger partial charge in [-0.25, -0.2) is 9.48 Å². The summed E-state index contributed by atoms with van der Waals surface area (Å²) in [6, 6.07) is 1.62. The van der Waals surface area contributed by atoms with Gasteiger partial charge in [-0.1, -0.05) is 5.21 Å². The molecule has 0 saturated heterocycles. The molecule has 1 heterocycles. The van der Waals surface area contributed by atoms with Crippen LogP contribution in [0, 0.1) is 11.3 Å². The molecule has 102 valence electrons. The number of rotatable bonds is 6. The summed E-state index contributed by atoms with van der Waals surface area (Å²) in [7, 11) is 1.58. The van der Waals surface area contributed by atoms with Gasteiger partial charge in [-0.05, 0) is 0 Å². The lowest BCUT2D eigenvalue weighted by Crippen LogP contribution is -2.37. The topological polar surface area (TPSA) is 124 Å². The van der Waals surface area contributed by atoms with Gasteiger partial charge in [0.05, 0.1) is 25.2 Å². The average Bonchev–Trinajstić information content (AvgIpc) is 2.79. The van der Waals surface area contributed by atoms with Crippen LogP contribution in [0.4, 0.5) is 4.79 Å². The number of amides is 2. The monoisotopic (exact) mass is 266 g/mol. The van der Waals surface area contributed by atoms with Crippen LogP contribution >= 0.6 is 0 Å². The zero-order chi connectivity index (χ0) is 14.3. The molecule has 0 aromatic carbocycles. The molecule has 9 heteroatoms. The number of carboxylic acid groups (broad SMARTS) is 1. The fraction of sp³-hybridized carbons (Fsp3) is 0.500. The Labute approximate surface area is 109 Å². The molecule has 2 N–H and O–H groups in total. The van der Waals surface area contributed by atoms with Crippen LogP contribution in [0.1, 0.15) is 12.1 Å². The molecule has 0 fully saturated rings. The molecular weight excluding hydrogens is 252 g/mol. The first-order valence-electron chi connectivity index (χ1n) is 5.49. The molecule has 1 aromatic heterocycles. The minimum Gasteiger partial charge on any atom is -0.480 e. The molecule has 2 amide bonds. The maximum absolute atomic E-state index is 11.6. The SMILES string of the molecule is CN(CCC#N)C(=O)NCc1cn(CC(=O)O)nn1. The number of nitrogens with zero attached hydrogens (tertiary/aromatic N) is 5. The summed E-state index contributed by atoms with van der Waals surface area (Å²) >= 11 is 0. The van der Waals surface area contributed by atoms with E-state index in [0.717, 1.165) is 0 Å². The van der Waals surface area contributed by atoms with E-state index in [1.165, 1.54) is 15.8 Å². The molecule has 0 spiro atoms. The van der Waals surface area contributed by atoms with E-state index in [2.05, 4.69) is 15.6 Å². The average molecular weight is 266 g/mol. The number of nitriles is 1. The largest absolute Gasteiger partial charge is 0.480 e. The quantitative estimate of drug-likeness (QED) is 0.709. The van der Waals surface area contributed by atoms with E-state index in [1.807, 2.05) is 6.07 Å². The Balaban J connectivity index is 2.40. The smallest absolute Gasteiger partial charge is 0.325 e. The molecule has 0 radical (unpaired) electrons. The van der Waals surface area contributed by atoms with Crippen LogP contribution in [-0.2, 0) is 17.9 Å². The van der Waals surface area contributed by atoms with E-state index < -0.39 is 5.97 Å². The predicted molar refractivity (Wildman–Crippen MR) is 62.8 cm³/mol. The fourth-order valence-corrected chi connectivity index (χ4v) is 1.26. The second kappa shape index (κ2) is 6.95. The van der Waals surface area contributed by atoms with Crippen LogP contribution in [0.2, 0.25) is 0 Å². The van der Waals surface area contributed by atoms with Gasteiger partial charge in [-0.15, -0.1) is 5.10 Å². The van der Waals surface area contributed by atoms with Gasteiger partial charge < -0.3 is 15.3 Å². The Bertz CT molecular complexity index is 492. The van der Waals surface area contributed by atoms with Crippen molar-refractivity contribution in [3.05, 3.63) is 11.9 Å². The maximum Gasteiger partial charge on any atom is 0.325 e. The number of aromatic nitrogens is 3. The van der Waals surface area contributed by atoms with Gasteiger partial charge in [0.15, 0.2) is 0 Å². The number of urea groups is 1. The summed E-state index contributed by atoms with van der Waals surface area (Å²) in [5.41, 5.74) is 0.461. The molecule has 0 atom stereocenters. The Morgan fingerprint density at radius 3 is 3.00 bits per heavy atom. The molecule has 0 bridgehead atoms. The Morgan fingerprint density at radius 1 is 1.63 bits per heavy atom.